The third kappa shape index (κ3) is 1.46. The van der Waals surface area contributed by atoms with Crippen LogP contribution < -0.4 is 0 Å². The molecule has 0 aliphatic heterocycles. The largest absolute Gasteiger partial charge is 0.257 e. The molecule has 0 bridgehead atoms. The molecule has 0 saturated heterocycles. The SMILES string of the molecule is Brc1ccc2c(c1)Cc1sc(-c3ncn[nH]3)nc1-2. The summed E-state index contributed by atoms with van der Waals surface area (Å²) >= 11 is 5.19. The van der Waals surface area contributed by atoms with Crippen LogP contribution in [0.2, 0.25) is 0 Å². The fourth-order valence-corrected chi connectivity index (χ4v) is 3.66. The van der Waals surface area contributed by atoms with Gasteiger partial charge in [-0.1, -0.05) is 22.0 Å². The Hall–Kier alpha value is -1.53. The molecule has 4 rings (SSSR count). The van der Waals surface area contributed by atoms with Crippen LogP contribution in [0.1, 0.15) is 10.4 Å². The molecule has 0 fully saturated rings. The van der Waals surface area contributed by atoms with Crippen molar-refractivity contribution in [3.63, 3.8) is 0 Å². The van der Waals surface area contributed by atoms with Gasteiger partial charge in [-0.15, -0.1) is 11.3 Å². The van der Waals surface area contributed by atoms with Crippen molar-refractivity contribution >= 4 is 27.3 Å². The second-order valence-electron chi connectivity index (χ2n) is 4.10. The van der Waals surface area contributed by atoms with Gasteiger partial charge in [-0.2, -0.15) is 5.10 Å². The lowest BCUT2D eigenvalue weighted by molar-refractivity contribution is 1.09. The van der Waals surface area contributed by atoms with E-state index in [9.17, 15) is 0 Å². The topological polar surface area (TPSA) is 54.5 Å². The minimum atomic E-state index is 0.744. The molecule has 2 aromatic heterocycles. The Bertz CT molecular complexity index is 733. The third-order valence-corrected chi connectivity index (χ3v) is 4.54. The average molecular weight is 319 g/mol. The zero-order valence-corrected chi connectivity index (χ0v) is 11.5. The van der Waals surface area contributed by atoms with E-state index in [2.05, 4.69) is 54.3 Å². The number of aromatic amines is 1. The fraction of sp³-hybridized carbons (Fsp3) is 0.0833. The molecule has 6 heteroatoms. The highest BCUT2D eigenvalue weighted by Crippen LogP contribution is 2.42. The molecule has 0 amide bonds. The molecule has 0 radical (unpaired) electrons. The van der Waals surface area contributed by atoms with E-state index in [0.717, 1.165) is 27.4 Å². The summed E-state index contributed by atoms with van der Waals surface area (Å²) in [4.78, 5) is 10.1. The van der Waals surface area contributed by atoms with Crippen LogP contribution in [0.3, 0.4) is 0 Å². The number of nitrogens with one attached hydrogen (secondary N) is 1. The zero-order valence-electron chi connectivity index (χ0n) is 9.14. The number of halogens is 1. The first kappa shape index (κ1) is 10.4. The Balaban J connectivity index is 1.86. The van der Waals surface area contributed by atoms with Gasteiger partial charge in [0.05, 0.1) is 5.69 Å². The molecular formula is C12H7BrN4S. The number of thiazole rings is 1. The van der Waals surface area contributed by atoms with Gasteiger partial charge >= 0.3 is 0 Å². The van der Waals surface area contributed by atoms with Gasteiger partial charge in [-0.25, -0.2) is 9.97 Å². The second-order valence-corrected chi connectivity index (χ2v) is 6.10. The molecule has 1 N–H and O–H groups in total. The van der Waals surface area contributed by atoms with E-state index in [4.69, 9.17) is 0 Å². The second kappa shape index (κ2) is 3.73. The molecule has 1 aromatic carbocycles. The summed E-state index contributed by atoms with van der Waals surface area (Å²) in [5, 5.41) is 7.62. The Kier molecular flexibility index (Phi) is 2.15. The van der Waals surface area contributed by atoms with Gasteiger partial charge in [0.25, 0.3) is 0 Å². The van der Waals surface area contributed by atoms with E-state index in [-0.39, 0.29) is 0 Å². The lowest BCUT2D eigenvalue weighted by Crippen LogP contribution is -1.83. The molecule has 2 heterocycles. The first-order valence-electron chi connectivity index (χ1n) is 5.45. The smallest absolute Gasteiger partial charge is 0.184 e. The Morgan fingerprint density at radius 3 is 3.11 bits per heavy atom. The number of nitrogens with zero attached hydrogens (tertiary/aromatic N) is 3. The predicted octanol–water partition coefficient (Wildman–Crippen LogP) is 3.26. The van der Waals surface area contributed by atoms with E-state index in [1.807, 2.05) is 0 Å². The lowest BCUT2D eigenvalue weighted by Gasteiger charge is -1.99. The minimum Gasteiger partial charge on any atom is -0.257 e. The van der Waals surface area contributed by atoms with E-state index < -0.39 is 0 Å². The molecule has 3 aromatic rings. The number of aromatic nitrogens is 4. The highest BCUT2D eigenvalue weighted by atomic mass is 79.9. The average Bonchev–Trinajstić information content (AvgIpc) is 3.01. The molecule has 0 spiro atoms. The molecule has 0 saturated carbocycles. The Morgan fingerprint density at radius 1 is 1.33 bits per heavy atom. The highest BCUT2D eigenvalue weighted by molar-refractivity contribution is 9.10. The fourth-order valence-electron chi connectivity index (χ4n) is 2.20. The zero-order chi connectivity index (χ0) is 12.1. The first-order valence-corrected chi connectivity index (χ1v) is 7.06. The van der Waals surface area contributed by atoms with Crippen molar-refractivity contribution in [2.45, 2.75) is 6.42 Å². The van der Waals surface area contributed by atoms with Gasteiger partial charge < -0.3 is 0 Å². The standard InChI is InChI=1S/C12H7BrN4S/c13-7-1-2-8-6(3-7)4-9-10(8)16-12(18-9)11-14-5-15-17-11/h1-3,5H,4H2,(H,14,15,17). The minimum absolute atomic E-state index is 0.744. The van der Waals surface area contributed by atoms with Crippen molar-refractivity contribution in [3.05, 3.63) is 39.4 Å². The molecule has 4 nitrogen and oxygen atoms in total. The van der Waals surface area contributed by atoms with Gasteiger partial charge in [-0.05, 0) is 17.7 Å². The number of fused-ring (bicyclic) bond motifs is 3. The summed E-state index contributed by atoms with van der Waals surface area (Å²) in [5.41, 5.74) is 3.66. The highest BCUT2D eigenvalue weighted by Gasteiger charge is 2.24. The molecule has 1 aliphatic carbocycles. The van der Waals surface area contributed by atoms with Crippen LogP contribution in [0.15, 0.2) is 29.0 Å². The number of benzene rings is 1. The molecule has 1 aliphatic rings. The van der Waals surface area contributed by atoms with Gasteiger partial charge in [0, 0.05) is 21.3 Å². The van der Waals surface area contributed by atoms with Crippen LogP contribution in [0.5, 0.6) is 0 Å². The molecular weight excluding hydrogens is 312 g/mol. The van der Waals surface area contributed by atoms with Crippen LogP contribution >= 0.6 is 27.3 Å². The third-order valence-electron chi connectivity index (χ3n) is 2.99. The van der Waals surface area contributed by atoms with E-state index in [1.54, 1.807) is 11.3 Å². The van der Waals surface area contributed by atoms with Crippen molar-refractivity contribution in [1.29, 1.82) is 0 Å². The molecule has 0 atom stereocenters. The Labute approximate surface area is 115 Å². The summed E-state index contributed by atoms with van der Waals surface area (Å²) in [5.74, 6) is 0.744. The van der Waals surface area contributed by atoms with Crippen LogP contribution in [0.4, 0.5) is 0 Å². The summed E-state index contributed by atoms with van der Waals surface area (Å²) in [6.07, 6.45) is 2.46. The Morgan fingerprint density at radius 2 is 2.28 bits per heavy atom. The van der Waals surface area contributed by atoms with Crippen molar-refractivity contribution in [2.24, 2.45) is 0 Å². The number of hydrogen-bond donors (Lipinski definition) is 1. The van der Waals surface area contributed by atoms with E-state index in [1.165, 1.54) is 22.3 Å². The normalized spacial score (nSPS) is 12.5. The van der Waals surface area contributed by atoms with Crippen molar-refractivity contribution in [3.8, 4) is 22.1 Å². The van der Waals surface area contributed by atoms with Crippen LogP contribution in [-0.2, 0) is 6.42 Å². The summed E-state index contributed by atoms with van der Waals surface area (Å²) in [6.45, 7) is 0. The van der Waals surface area contributed by atoms with Gasteiger partial charge in [0.15, 0.2) is 10.8 Å². The number of rotatable bonds is 1. The summed E-state index contributed by atoms with van der Waals surface area (Å²) in [7, 11) is 0. The van der Waals surface area contributed by atoms with Gasteiger partial charge in [-0.3, -0.25) is 5.10 Å². The van der Waals surface area contributed by atoms with Crippen molar-refractivity contribution in [1.82, 2.24) is 20.2 Å². The quantitative estimate of drug-likeness (QED) is 0.586. The monoisotopic (exact) mass is 318 g/mol. The van der Waals surface area contributed by atoms with Gasteiger partial charge in [0.1, 0.15) is 6.33 Å². The van der Waals surface area contributed by atoms with Crippen molar-refractivity contribution < 1.29 is 0 Å². The molecule has 0 unspecified atom stereocenters. The number of H-pyrrole nitrogens is 1. The van der Waals surface area contributed by atoms with Crippen LogP contribution in [-0.4, -0.2) is 20.2 Å². The lowest BCUT2D eigenvalue weighted by atomic mass is 10.1. The summed E-state index contributed by atoms with van der Waals surface area (Å²) in [6, 6.07) is 6.34. The van der Waals surface area contributed by atoms with E-state index in [0.29, 0.717) is 0 Å². The molecule has 18 heavy (non-hydrogen) atoms. The van der Waals surface area contributed by atoms with Crippen molar-refractivity contribution in [2.75, 3.05) is 0 Å². The maximum absolute atomic E-state index is 4.67. The number of hydrogen-bond acceptors (Lipinski definition) is 4. The maximum Gasteiger partial charge on any atom is 0.184 e. The van der Waals surface area contributed by atoms with Crippen LogP contribution in [0.25, 0.3) is 22.1 Å². The maximum atomic E-state index is 4.67. The van der Waals surface area contributed by atoms with Crippen LogP contribution in [0, 0.1) is 0 Å². The predicted molar refractivity (Wildman–Crippen MR) is 73.4 cm³/mol. The first-order chi connectivity index (χ1) is 8.81. The van der Waals surface area contributed by atoms with E-state index >= 15 is 0 Å². The molecule has 88 valence electrons. The summed E-state index contributed by atoms with van der Waals surface area (Å²) < 4.78 is 1.12. The van der Waals surface area contributed by atoms with Gasteiger partial charge in [0.2, 0.25) is 0 Å².